The first-order valence-corrected chi connectivity index (χ1v) is 5.63. The van der Waals surface area contributed by atoms with Crippen molar-refractivity contribution in [1.82, 2.24) is 0 Å². The van der Waals surface area contributed by atoms with Crippen molar-refractivity contribution in [2.75, 3.05) is 0 Å². The molecule has 1 saturated carbocycles. The molecule has 1 heteroatoms. The summed E-state index contributed by atoms with van der Waals surface area (Å²) in [5, 5.41) is 0. The van der Waals surface area contributed by atoms with E-state index in [0.29, 0.717) is 0 Å². The lowest BCUT2D eigenvalue weighted by molar-refractivity contribution is 0.419. The Morgan fingerprint density at radius 1 is 1.33 bits per heavy atom. The highest BCUT2D eigenvalue weighted by molar-refractivity contribution is 5.44. The van der Waals surface area contributed by atoms with E-state index in [4.69, 9.17) is 5.73 Å². The second-order valence-electron chi connectivity index (χ2n) is 4.27. The van der Waals surface area contributed by atoms with E-state index in [1.807, 2.05) is 13.0 Å². The highest BCUT2D eigenvalue weighted by Gasteiger charge is 2.20. The fourth-order valence-electron chi connectivity index (χ4n) is 1.88. The zero-order valence-corrected chi connectivity index (χ0v) is 9.16. The van der Waals surface area contributed by atoms with Crippen LogP contribution in [-0.4, -0.2) is 6.04 Å². The Bertz CT molecular complexity index is 391. The smallest absolute Gasteiger partial charge is 0.0639 e. The number of hydrogen-bond donors (Lipinski definition) is 1. The molecule has 1 nitrogen and oxygen atoms in total. The zero-order valence-electron chi connectivity index (χ0n) is 9.16. The average molecular weight is 199 g/mol. The van der Waals surface area contributed by atoms with Crippen LogP contribution in [0.1, 0.15) is 43.2 Å². The minimum absolute atomic E-state index is 0.0422. The first-order chi connectivity index (χ1) is 7.27. The van der Waals surface area contributed by atoms with Crippen molar-refractivity contribution < 1.29 is 0 Å². The van der Waals surface area contributed by atoms with Crippen molar-refractivity contribution in [3.05, 3.63) is 35.4 Å². The van der Waals surface area contributed by atoms with Crippen molar-refractivity contribution in [3.8, 4) is 11.8 Å². The Kier molecular flexibility index (Phi) is 3.08. The Morgan fingerprint density at radius 3 is 2.67 bits per heavy atom. The van der Waals surface area contributed by atoms with E-state index in [-0.39, 0.29) is 6.04 Å². The lowest BCUT2D eigenvalue weighted by Crippen LogP contribution is -2.12. The third kappa shape index (κ3) is 2.40. The zero-order chi connectivity index (χ0) is 10.7. The van der Waals surface area contributed by atoms with Crippen LogP contribution in [0.2, 0.25) is 0 Å². The van der Waals surface area contributed by atoms with E-state index in [1.165, 1.54) is 30.4 Å². The van der Waals surface area contributed by atoms with Gasteiger partial charge in [-0.2, -0.15) is 0 Å². The van der Waals surface area contributed by atoms with Crippen LogP contribution >= 0.6 is 0 Å². The van der Waals surface area contributed by atoms with Crippen molar-refractivity contribution >= 4 is 0 Å². The van der Waals surface area contributed by atoms with Gasteiger partial charge in [-0.15, -0.1) is 0 Å². The molecule has 0 spiro atoms. The summed E-state index contributed by atoms with van der Waals surface area (Å²) >= 11 is 0. The molecule has 1 aliphatic rings. The summed E-state index contributed by atoms with van der Waals surface area (Å²) in [5.74, 6) is 6.96. The Balaban J connectivity index is 2.26. The molecule has 0 bridgehead atoms. The normalized spacial score (nSPS) is 17.5. The van der Waals surface area contributed by atoms with Gasteiger partial charge in [-0.3, -0.25) is 0 Å². The number of nitrogens with two attached hydrogens (primary N) is 1. The summed E-state index contributed by atoms with van der Waals surface area (Å²) in [5.41, 5.74) is 8.22. The summed E-state index contributed by atoms with van der Waals surface area (Å²) < 4.78 is 0. The summed E-state index contributed by atoms with van der Waals surface area (Å²) in [7, 11) is 0. The van der Waals surface area contributed by atoms with Gasteiger partial charge in [0.2, 0.25) is 0 Å². The molecule has 0 saturated heterocycles. The molecule has 1 aromatic carbocycles. The monoisotopic (exact) mass is 199 g/mol. The molecular weight excluding hydrogens is 182 g/mol. The maximum atomic E-state index is 5.64. The molecule has 2 rings (SSSR count). The Labute approximate surface area is 91.7 Å². The van der Waals surface area contributed by atoms with Crippen molar-refractivity contribution in [2.24, 2.45) is 5.73 Å². The lowest BCUT2D eigenvalue weighted by atomic mass is 9.78. The first-order valence-electron chi connectivity index (χ1n) is 5.63. The highest BCUT2D eigenvalue weighted by atomic mass is 14.6. The molecule has 1 aromatic rings. The standard InChI is InChI=1S/C14H17N/c1-11(15)9-10-13-5-2-3-8-14(13)12-6-4-7-12/h2-3,5,8,11-12H,4,6-7,15H2,1H3. The SMILES string of the molecule is CC(N)C#Cc1ccccc1C1CCC1. The number of rotatable bonds is 1. The predicted molar refractivity (Wildman–Crippen MR) is 63.6 cm³/mol. The molecule has 0 heterocycles. The first kappa shape index (κ1) is 10.3. The number of hydrogen-bond acceptors (Lipinski definition) is 1. The van der Waals surface area contributed by atoms with Crippen LogP contribution in [0.5, 0.6) is 0 Å². The van der Waals surface area contributed by atoms with Crippen LogP contribution < -0.4 is 5.73 Å². The predicted octanol–water partition coefficient (Wildman–Crippen LogP) is 2.65. The third-order valence-corrected chi connectivity index (χ3v) is 2.94. The molecule has 15 heavy (non-hydrogen) atoms. The quantitative estimate of drug-likeness (QED) is 0.691. The van der Waals surface area contributed by atoms with Crippen LogP contribution in [0.25, 0.3) is 0 Å². The van der Waals surface area contributed by atoms with E-state index in [9.17, 15) is 0 Å². The highest BCUT2D eigenvalue weighted by Crippen LogP contribution is 2.37. The van der Waals surface area contributed by atoms with E-state index in [1.54, 1.807) is 0 Å². The number of benzene rings is 1. The van der Waals surface area contributed by atoms with Gasteiger partial charge in [-0.1, -0.05) is 36.5 Å². The molecule has 0 amide bonds. The van der Waals surface area contributed by atoms with E-state index in [0.717, 1.165) is 5.92 Å². The van der Waals surface area contributed by atoms with E-state index >= 15 is 0 Å². The van der Waals surface area contributed by atoms with Gasteiger partial charge < -0.3 is 5.73 Å². The van der Waals surface area contributed by atoms with E-state index in [2.05, 4.69) is 30.0 Å². The van der Waals surface area contributed by atoms with Crippen LogP contribution in [0.3, 0.4) is 0 Å². The lowest BCUT2D eigenvalue weighted by Gasteiger charge is -2.26. The summed E-state index contributed by atoms with van der Waals surface area (Å²) in [6, 6.07) is 8.41. The van der Waals surface area contributed by atoms with Gasteiger partial charge in [0.1, 0.15) is 0 Å². The van der Waals surface area contributed by atoms with Gasteiger partial charge in [-0.05, 0) is 37.3 Å². The fourth-order valence-corrected chi connectivity index (χ4v) is 1.88. The molecule has 78 valence electrons. The molecular formula is C14H17N. The largest absolute Gasteiger partial charge is 0.318 e. The third-order valence-electron chi connectivity index (χ3n) is 2.94. The summed E-state index contributed by atoms with van der Waals surface area (Å²) in [4.78, 5) is 0. The molecule has 1 fully saturated rings. The van der Waals surface area contributed by atoms with Gasteiger partial charge >= 0.3 is 0 Å². The Morgan fingerprint density at radius 2 is 2.07 bits per heavy atom. The average Bonchev–Trinajstić information content (AvgIpc) is 2.14. The molecule has 2 N–H and O–H groups in total. The van der Waals surface area contributed by atoms with Gasteiger partial charge in [0, 0.05) is 5.56 Å². The molecule has 0 radical (unpaired) electrons. The molecule has 0 aliphatic heterocycles. The van der Waals surface area contributed by atoms with Gasteiger partial charge in [0.25, 0.3) is 0 Å². The van der Waals surface area contributed by atoms with Crippen molar-refractivity contribution in [1.29, 1.82) is 0 Å². The van der Waals surface area contributed by atoms with E-state index < -0.39 is 0 Å². The topological polar surface area (TPSA) is 26.0 Å². The van der Waals surface area contributed by atoms with Gasteiger partial charge in [-0.25, -0.2) is 0 Å². The molecule has 0 aromatic heterocycles. The van der Waals surface area contributed by atoms with Crippen LogP contribution in [0.15, 0.2) is 24.3 Å². The Hall–Kier alpha value is -1.26. The van der Waals surface area contributed by atoms with Crippen molar-refractivity contribution in [3.63, 3.8) is 0 Å². The van der Waals surface area contributed by atoms with Crippen LogP contribution in [0, 0.1) is 11.8 Å². The molecule has 1 atom stereocenters. The maximum absolute atomic E-state index is 5.64. The van der Waals surface area contributed by atoms with Crippen LogP contribution in [-0.2, 0) is 0 Å². The fraction of sp³-hybridized carbons (Fsp3) is 0.429. The summed E-state index contributed by atoms with van der Waals surface area (Å²) in [6.07, 6.45) is 3.99. The van der Waals surface area contributed by atoms with Crippen molar-refractivity contribution in [2.45, 2.75) is 38.1 Å². The molecule has 1 unspecified atom stereocenters. The second-order valence-corrected chi connectivity index (χ2v) is 4.27. The minimum Gasteiger partial charge on any atom is -0.318 e. The second kappa shape index (κ2) is 4.51. The molecule has 1 aliphatic carbocycles. The van der Waals surface area contributed by atoms with Crippen LogP contribution in [0.4, 0.5) is 0 Å². The maximum Gasteiger partial charge on any atom is 0.0639 e. The minimum atomic E-state index is -0.0422. The summed E-state index contributed by atoms with van der Waals surface area (Å²) in [6.45, 7) is 1.92. The van der Waals surface area contributed by atoms with Gasteiger partial charge in [0.15, 0.2) is 0 Å². The van der Waals surface area contributed by atoms with Gasteiger partial charge in [0.05, 0.1) is 6.04 Å².